The molecule has 0 aliphatic heterocycles. The van der Waals surface area contributed by atoms with E-state index in [1.807, 2.05) is 0 Å². The average Bonchev–Trinajstić information content (AvgIpc) is 2.43. The van der Waals surface area contributed by atoms with Crippen LogP contribution in [0.1, 0.15) is 51.5 Å². The van der Waals surface area contributed by atoms with Gasteiger partial charge in [-0.1, -0.05) is 33.3 Å². The van der Waals surface area contributed by atoms with Gasteiger partial charge in [-0.2, -0.15) is 0 Å². The highest BCUT2D eigenvalue weighted by Gasteiger charge is 2.32. The van der Waals surface area contributed by atoms with E-state index < -0.39 is 17.5 Å². The van der Waals surface area contributed by atoms with Crippen molar-refractivity contribution in [3.8, 4) is 0 Å². The van der Waals surface area contributed by atoms with Crippen molar-refractivity contribution in [3.05, 3.63) is 35.1 Å². The summed E-state index contributed by atoms with van der Waals surface area (Å²) >= 11 is 0. The first kappa shape index (κ1) is 16.3. The predicted octanol–water partition coefficient (Wildman–Crippen LogP) is 4.62. The predicted molar refractivity (Wildman–Crippen MR) is 78.7 cm³/mol. The summed E-state index contributed by atoms with van der Waals surface area (Å²) in [6.07, 6.45) is 2.92. The third-order valence-electron chi connectivity index (χ3n) is 4.51. The van der Waals surface area contributed by atoms with E-state index in [-0.39, 0.29) is 11.8 Å². The van der Waals surface area contributed by atoms with Gasteiger partial charge in [0.25, 0.3) is 0 Å². The monoisotopic (exact) mass is 299 g/mol. The van der Waals surface area contributed by atoms with Gasteiger partial charge in [-0.3, -0.25) is 0 Å². The minimum atomic E-state index is -1.35. The standard InChI is InChI=1S/C17H24F3N/c1-10(2)21-9-12-5-4-11(3)8-14(12)13-6-7-15(18)17(20)16(13)19/h6-7,10-12,14,21H,4-5,8-9H2,1-3H3. The second-order valence-electron chi connectivity index (χ2n) is 6.61. The van der Waals surface area contributed by atoms with E-state index in [1.54, 1.807) is 0 Å². The van der Waals surface area contributed by atoms with Crippen LogP contribution in [0.2, 0.25) is 0 Å². The number of hydrogen-bond acceptors (Lipinski definition) is 1. The summed E-state index contributed by atoms with van der Waals surface area (Å²) in [7, 11) is 0. The van der Waals surface area contributed by atoms with Crippen molar-refractivity contribution in [2.75, 3.05) is 6.54 Å². The molecule has 0 amide bonds. The highest BCUT2D eigenvalue weighted by Crippen LogP contribution is 2.41. The number of rotatable bonds is 4. The maximum atomic E-state index is 14.1. The van der Waals surface area contributed by atoms with Crippen molar-refractivity contribution in [1.29, 1.82) is 0 Å². The molecular formula is C17H24F3N. The van der Waals surface area contributed by atoms with Gasteiger partial charge in [-0.05, 0) is 48.8 Å². The first-order valence-corrected chi connectivity index (χ1v) is 7.77. The minimum Gasteiger partial charge on any atom is -0.314 e. The molecule has 1 aliphatic carbocycles. The molecule has 3 unspecified atom stereocenters. The molecule has 1 N–H and O–H groups in total. The van der Waals surface area contributed by atoms with Crippen LogP contribution in [0.4, 0.5) is 13.2 Å². The van der Waals surface area contributed by atoms with Gasteiger partial charge in [-0.15, -0.1) is 0 Å². The Kier molecular flexibility index (Phi) is 5.31. The smallest absolute Gasteiger partial charge is 0.194 e. The summed E-state index contributed by atoms with van der Waals surface area (Å²) in [5.41, 5.74) is 0.330. The van der Waals surface area contributed by atoms with Gasteiger partial charge in [0.05, 0.1) is 0 Å². The van der Waals surface area contributed by atoms with Crippen LogP contribution in [0.5, 0.6) is 0 Å². The zero-order valence-corrected chi connectivity index (χ0v) is 12.9. The van der Waals surface area contributed by atoms with E-state index in [0.717, 1.165) is 31.9 Å². The molecule has 3 atom stereocenters. The Labute approximate surface area is 124 Å². The van der Waals surface area contributed by atoms with E-state index in [4.69, 9.17) is 0 Å². The quantitative estimate of drug-likeness (QED) is 0.800. The Bertz CT molecular complexity index is 487. The zero-order chi connectivity index (χ0) is 15.6. The molecule has 118 valence electrons. The minimum absolute atomic E-state index is 0.0462. The van der Waals surface area contributed by atoms with Gasteiger partial charge in [0.1, 0.15) is 0 Å². The van der Waals surface area contributed by atoms with E-state index in [0.29, 0.717) is 17.5 Å². The Morgan fingerprint density at radius 2 is 1.86 bits per heavy atom. The molecule has 0 bridgehead atoms. The van der Waals surface area contributed by atoms with Crippen molar-refractivity contribution in [2.24, 2.45) is 11.8 Å². The Balaban J connectivity index is 2.25. The van der Waals surface area contributed by atoms with Crippen molar-refractivity contribution in [3.63, 3.8) is 0 Å². The second-order valence-corrected chi connectivity index (χ2v) is 6.61. The van der Waals surface area contributed by atoms with Gasteiger partial charge in [-0.25, -0.2) is 13.2 Å². The normalized spacial score (nSPS) is 26.3. The number of nitrogens with one attached hydrogen (secondary N) is 1. The second kappa shape index (κ2) is 6.82. The van der Waals surface area contributed by atoms with Crippen molar-refractivity contribution in [1.82, 2.24) is 5.32 Å². The van der Waals surface area contributed by atoms with Gasteiger partial charge in [0.15, 0.2) is 17.5 Å². The highest BCUT2D eigenvalue weighted by atomic mass is 19.2. The summed E-state index contributed by atoms with van der Waals surface area (Å²) < 4.78 is 40.8. The average molecular weight is 299 g/mol. The Morgan fingerprint density at radius 1 is 1.14 bits per heavy atom. The van der Waals surface area contributed by atoms with E-state index in [1.165, 1.54) is 6.07 Å². The molecule has 0 aromatic heterocycles. The van der Waals surface area contributed by atoms with Crippen LogP contribution in [0, 0.1) is 29.3 Å². The maximum Gasteiger partial charge on any atom is 0.194 e. The molecule has 1 aliphatic rings. The van der Waals surface area contributed by atoms with Gasteiger partial charge in [0.2, 0.25) is 0 Å². The molecular weight excluding hydrogens is 275 g/mol. The van der Waals surface area contributed by atoms with Crippen LogP contribution in [0.15, 0.2) is 12.1 Å². The van der Waals surface area contributed by atoms with Crippen molar-refractivity contribution < 1.29 is 13.2 Å². The Morgan fingerprint density at radius 3 is 2.52 bits per heavy atom. The van der Waals surface area contributed by atoms with Crippen LogP contribution in [0.3, 0.4) is 0 Å². The molecule has 0 radical (unpaired) electrons. The SMILES string of the molecule is CC1CCC(CNC(C)C)C(c2ccc(F)c(F)c2F)C1. The van der Waals surface area contributed by atoms with Gasteiger partial charge in [0, 0.05) is 6.04 Å². The molecule has 1 saturated carbocycles. The number of benzene rings is 1. The molecule has 1 aromatic carbocycles. The Hall–Kier alpha value is -1.03. The summed E-state index contributed by atoms with van der Waals surface area (Å²) in [4.78, 5) is 0. The summed E-state index contributed by atoms with van der Waals surface area (Å²) in [6, 6.07) is 2.82. The van der Waals surface area contributed by atoms with E-state index >= 15 is 0 Å². The van der Waals surface area contributed by atoms with Crippen LogP contribution >= 0.6 is 0 Å². The molecule has 2 rings (SSSR count). The van der Waals surface area contributed by atoms with Crippen LogP contribution in [-0.4, -0.2) is 12.6 Å². The van der Waals surface area contributed by atoms with Gasteiger partial charge >= 0.3 is 0 Å². The molecule has 1 nitrogen and oxygen atoms in total. The van der Waals surface area contributed by atoms with E-state index in [9.17, 15) is 13.2 Å². The fourth-order valence-corrected chi connectivity index (χ4v) is 3.28. The molecule has 4 heteroatoms. The lowest BCUT2D eigenvalue weighted by Crippen LogP contribution is -2.35. The number of hydrogen-bond donors (Lipinski definition) is 1. The fraction of sp³-hybridized carbons (Fsp3) is 0.647. The van der Waals surface area contributed by atoms with Gasteiger partial charge < -0.3 is 5.32 Å². The highest BCUT2D eigenvalue weighted by molar-refractivity contribution is 5.25. The summed E-state index contributed by atoms with van der Waals surface area (Å²) in [5, 5.41) is 3.38. The lowest BCUT2D eigenvalue weighted by Gasteiger charge is -2.36. The molecule has 0 saturated heterocycles. The van der Waals surface area contributed by atoms with Crippen molar-refractivity contribution >= 4 is 0 Å². The van der Waals surface area contributed by atoms with Crippen molar-refractivity contribution in [2.45, 2.75) is 52.0 Å². The first-order chi connectivity index (χ1) is 9.90. The molecule has 21 heavy (non-hydrogen) atoms. The third-order valence-corrected chi connectivity index (χ3v) is 4.51. The van der Waals surface area contributed by atoms with Crippen LogP contribution in [-0.2, 0) is 0 Å². The number of halogens is 3. The largest absolute Gasteiger partial charge is 0.314 e. The summed E-state index contributed by atoms with van der Waals surface area (Å²) in [5.74, 6) is -2.77. The molecule has 0 spiro atoms. The summed E-state index contributed by atoms with van der Waals surface area (Å²) in [6.45, 7) is 7.06. The zero-order valence-electron chi connectivity index (χ0n) is 12.9. The lowest BCUT2D eigenvalue weighted by molar-refractivity contribution is 0.232. The van der Waals surface area contributed by atoms with E-state index in [2.05, 4.69) is 26.1 Å². The van der Waals surface area contributed by atoms with Crippen LogP contribution < -0.4 is 5.32 Å². The maximum absolute atomic E-state index is 14.1. The topological polar surface area (TPSA) is 12.0 Å². The molecule has 1 fully saturated rings. The lowest BCUT2D eigenvalue weighted by atomic mass is 9.71. The first-order valence-electron chi connectivity index (χ1n) is 7.77. The van der Waals surface area contributed by atoms with Crippen LogP contribution in [0.25, 0.3) is 0 Å². The molecule has 1 aromatic rings. The third kappa shape index (κ3) is 3.79. The fourth-order valence-electron chi connectivity index (χ4n) is 3.28. The molecule has 0 heterocycles.